The topological polar surface area (TPSA) is 113 Å². The zero-order chi connectivity index (χ0) is 19.6. The first kappa shape index (κ1) is 18.3. The Morgan fingerprint density at radius 3 is 2.75 bits per heavy atom. The van der Waals surface area contributed by atoms with Crippen LogP contribution in [0, 0.1) is 0 Å². The van der Waals surface area contributed by atoms with Crippen LogP contribution in [-0.4, -0.2) is 38.9 Å². The molecule has 0 bridgehead atoms. The van der Waals surface area contributed by atoms with Gasteiger partial charge in [0, 0.05) is 11.6 Å². The Morgan fingerprint density at radius 2 is 1.93 bits per heavy atom. The minimum Gasteiger partial charge on any atom is -0.497 e. The Balaban J connectivity index is 1.47. The number of ether oxygens (including phenoxy) is 3. The number of nitrogens with zero attached hydrogens (tertiary/aromatic N) is 2. The molecular formula is C18H17N3O6S. The fourth-order valence-corrected chi connectivity index (χ4v) is 3.63. The van der Waals surface area contributed by atoms with Gasteiger partial charge in [0.1, 0.15) is 19.0 Å². The number of hydrogen-bond donors (Lipinski definition) is 1. The van der Waals surface area contributed by atoms with E-state index in [9.17, 15) is 8.42 Å². The Bertz CT molecular complexity index is 1100. The highest BCUT2D eigenvalue weighted by atomic mass is 32.2. The number of sulfonamides is 1. The molecule has 28 heavy (non-hydrogen) atoms. The van der Waals surface area contributed by atoms with Gasteiger partial charge in [0.2, 0.25) is 21.7 Å². The smallest absolute Gasteiger partial charge is 0.242 e. The van der Waals surface area contributed by atoms with Gasteiger partial charge in [-0.3, -0.25) is 0 Å². The first-order valence-corrected chi connectivity index (χ1v) is 9.90. The number of rotatable bonds is 6. The lowest BCUT2D eigenvalue weighted by Crippen LogP contribution is -2.24. The number of benzene rings is 2. The summed E-state index contributed by atoms with van der Waals surface area (Å²) in [6.45, 7) is 0.664. The quantitative estimate of drug-likeness (QED) is 0.665. The maximum atomic E-state index is 12.5. The van der Waals surface area contributed by atoms with Crippen molar-refractivity contribution in [1.29, 1.82) is 0 Å². The molecule has 0 fully saturated rings. The summed E-state index contributed by atoms with van der Waals surface area (Å²) in [6, 6.07) is 11.6. The fraction of sp³-hybridized carbons (Fsp3) is 0.222. The molecule has 1 aliphatic rings. The molecule has 1 N–H and O–H groups in total. The van der Waals surface area contributed by atoms with Crippen LogP contribution in [0.1, 0.15) is 5.89 Å². The number of aromatic nitrogens is 2. The van der Waals surface area contributed by atoms with Crippen LogP contribution in [0.5, 0.6) is 17.2 Å². The van der Waals surface area contributed by atoms with Gasteiger partial charge in [-0.1, -0.05) is 17.3 Å². The third kappa shape index (κ3) is 3.78. The lowest BCUT2D eigenvalue weighted by Gasteiger charge is -2.18. The van der Waals surface area contributed by atoms with Crippen LogP contribution in [0.3, 0.4) is 0 Å². The van der Waals surface area contributed by atoms with E-state index in [0.717, 1.165) is 0 Å². The molecule has 0 unspecified atom stereocenters. The monoisotopic (exact) mass is 403 g/mol. The number of hydrogen-bond acceptors (Lipinski definition) is 8. The van der Waals surface area contributed by atoms with Gasteiger partial charge in [-0.2, -0.15) is 4.98 Å². The van der Waals surface area contributed by atoms with Crippen molar-refractivity contribution >= 4 is 10.0 Å². The highest BCUT2D eigenvalue weighted by Crippen LogP contribution is 2.32. The van der Waals surface area contributed by atoms with E-state index >= 15 is 0 Å². The van der Waals surface area contributed by atoms with Crippen LogP contribution in [0.4, 0.5) is 0 Å². The second-order valence-corrected chi connectivity index (χ2v) is 7.64. The van der Waals surface area contributed by atoms with Gasteiger partial charge in [-0.05, 0) is 24.3 Å². The molecule has 0 radical (unpaired) electrons. The Labute approximate surface area is 161 Å². The van der Waals surface area contributed by atoms with Crippen molar-refractivity contribution in [3.63, 3.8) is 0 Å². The lowest BCUT2D eigenvalue weighted by atomic mass is 10.2. The minimum absolute atomic E-state index is 0.0595. The van der Waals surface area contributed by atoms with Crippen molar-refractivity contribution in [3.05, 3.63) is 48.4 Å². The summed E-state index contributed by atoms with van der Waals surface area (Å²) in [5.41, 5.74) is 0.698. The standard InChI is InChI=1S/C18H17N3O6S/c1-24-13-4-2-3-12(9-13)18-20-17(27-21-18)11-19-28(22,23)14-5-6-15-16(10-14)26-8-7-25-15/h2-6,9-10,19H,7-8,11H2,1H3. The molecule has 1 aliphatic heterocycles. The highest BCUT2D eigenvalue weighted by Gasteiger charge is 2.20. The molecule has 4 rings (SSSR count). The summed E-state index contributed by atoms with van der Waals surface area (Å²) < 4.78 is 48.6. The van der Waals surface area contributed by atoms with Crippen molar-refractivity contribution < 1.29 is 27.2 Å². The van der Waals surface area contributed by atoms with Gasteiger partial charge in [-0.15, -0.1) is 0 Å². The largest absolute Gasteiger partial charge is 0.497 e. The molecule has 9 nitrogen and oxygen atoms in total. The average Bonchev–Trinajstić information content (AvgIpc) is 3.21. The SMILES string of the molecule is COc1cccc(-c2noc(CNS(=O)(=O)c3ccc4c(c3)OCCO4)n2)c1. The van der Waals surface area contributed by atoms with Gasteiger partial charge < -0.3 is 18.7 Å². The van der Waals surface area contributed by atoms with Crippen molar-refractivity contribution in [1.82, 2.24) is 14.9 Å². The highest BCUT2D eigenvalue weighted by molar-refractivity contribution is 7.89. The second kappa shape index (κ2) is 7.49. The Kier molecular flexibility index (Phi) is 4.88. The molecule has 3 aromatic rings. The number of methoxy groups -OCH3 is 1. The predicted octanol–water partition coefficient (Wildman–Crippen LogP) is 1.99. The third-order valence-electron chi connectivity index (χ3n) is 4.03. The van der Waals surface area contributed by atoms with Crippen LogP contribution in [-0.2, 0) is 16.6 Å². The van der Waals surface area contributed by atoms with E-state index in [2.05, 4.69) is 14.9 Å². The van der Waals surface area contributed by atoms with Gasteiger partial charge in [0.05, 0.1) is 18.6 Å². The Morgan fingerprint density at radius 1 is 1.11 bits per heavy atom. The van der Waals surface area contributed by atoms with Gasteiger partial charge in [0.15, 0.2) is 11.5 Å². The summed E-state index contributed by atoms with van der Waals surface area (Å²) in [7, 11) is -2.23. The van der Waals surface area contributed by atoms with Crippen LogP contribution in [0.25, 0.3) is 11.4 Å². The van der Waals surface area contributed by atoms with Crippen LogP contribution in [0.15, 0.2) is 51.9 Å². The van der Waals surface area contributed by atoms with Crippen molar-refractivity contribution in [2.24, 2.45) is 0 Å². The average molecular weight is 403 g/mol. The molecular weight excluding hydrogens is 386 g/mol. The van der Waals surface area contributed by atoms with Crippen molar-refractivity contribution in [2.45, 2.75) is 11.4 Å². The molecule has 2 heterocycles. The maximum absolute atomic E-state index is 12.5. The molecule has 1 aromatic heterocycles. The molecule has 0 atom stereocenters. The summed E-state index contributed by atoms with van der Waals surface area (Å²) in [5.74, 6) is 2.05. The summed E-state index contributed by atoms with van der Waals surface area (Å²) in [5, 5.41) is 3.88. The second-order valence-electron chi connectivity index (χ2n) is 5.87. The molecule has 0 saturated carbocycles. The summed E-state index contributed by atoms with van der Waals surface area (Å²) >= 11 is 0. The molecule has 0 spiro atoms. The van der Waals surface area contributed by atoms with Crippen LogP contribution >= 0.6 is 0 Å². The molecule has 0 aliphatic carbocycles. The maximum Gasteiger partial charge on any atom is 0.242 e. The molecule has 146 valence electrons. The zero-order valence-corrected chi connectivity index (χ0v) is 15.7. The normalized spacial score (nSPS) is 13.3. The van der Waals surface area contributed by atoms with E-state index in [0.29, 0.717) is 41.9 Å². The van der Waals surface area contributed by atoms with Crippen molar-refractivity contribution in [3.8, 4) is 28.6 Å². The van der Waals surface area contributed by atoms with Gasteiger partial charge in [0.25, 0.3) is 0 Å². The molecule has 10 heteroatoms. The summed E-state index contributed by atoms with van der Waals surface area (Å²) in [6.07, 6.45) is 0. The third-order valence-corrected chi connectivity index (χ3v) is 5.43. The van der Waals surface area contributed by atoms with E-state index in [1.165, 1.54) is 12.1 Å². The van der Waals surface area contributed by atoms with E-state index in [1.54, 1.807) is 37.4 Å². The lowest BCUT2D eigenvalue weighted by molar-refractivity contribution is 0.171. The first-order valence-electron chi connectivity index (χ1n) is 8.41. The summed E-state index contributed by atoms with van der Waals surface area (Å²) in [4.78, 5) is 4.28. The predicted molar refractivity (Wildman–Crippen MR) is 97.7 cm³/mol. The fourth-order valence-electron chi connectivity index (χ4n) is 2.64. The molecule has 2 aromatic carbocycles. The Hall–Kier alpha value is -3.11. The van der Waals surface area contributed by atoms with E-state index in [1.807, 2.05) is 0 Å². The van der Waals surface area contributed by atoms with Crippen LogP contribution < -0.4 is 18.9 Å². The first-order chi connectivity index (χ1) is 13.5. The number of fused-ring (bicyclic) bond motifs is 1. The molecule has 0 saturated heterocycles. The van der Waals surface area contributed by atoms with E-state index in [-0.39, 0.29) is 17.3 Å². The van der Waals surface area contributed by atoms with Gasteiger partial charge in [-0.25, -0.2) is 13.1 Å². The number of nitrogens with one attached hydrogen (secondary N) is 1. The zero-order valence-electron chi connectivity index (χ0n) is 14.9. The van der Waals surface area contributed by atoms with Crippen molar-refractivity contribution in [2.75, 3.05) is 20.3 Å². The minimum atomic E-state index is -3.79. The van der Waals surface area contributed by atoms with Crippen LogP contribution in [0.2, 0.25) is 0 Å². The van der Waals surface area contributed by atoms with E-state index < -0.39 is 10.0 Å². The van der Waals surface area contributed by atoms with E-state index in [4.69, 9.17) is 18.7 Å². The van der Waals surface area contributed by atoms with Gasteiger partial charge >= 0.3 is 0 Å². The molecule has 0 amide bonds.